The Labute approximate surface area is 182 Å². The summed E-state index contributed by atoms with van der Waals surface area (Å²) < 4.78 is 29.2. The standard InChI is InChI=1S/C23H39N3O3S/c1-5-7-8-9-13-23(27)24-20-14-15-21(26-16-11-10-12-19(26)4)22(17-20)30(28,29)25-18(3)6-2/h14-15,17-19,25H,5-13,16H2,1-4H3,(H,24,27)/t18-,19+/m1/s1. The van der Waals surface area contributed by atoms with Gasteiger partial charge < -0.3 is 10.2 Å². The minimum atomic E-state index is -3.70. The minimum Gasteiger partial charge on any atom is -0.368 e. The molecule has 1 saturated heterocycles. The largest absolute Gasteiger partial charge is 0.368 e. The summed E-state index contributed by atoms with van der Waals surface area (Å²) in [4.78, 5) is 14.7. The van der Waals surface area contributed by atoms with Crippen molar-refractivity contribution >= 4 is 27.3 Å². The Hall–Kier alpha value is -1.60. The summed E-state index contributed by atoms with van der Waals surface area (Å²) in [6.45, 7) is 8.94. The van der Waals surface area contributed by atoms with Gasteiger partial charge in [-0.15, -0.1) is 0 Å². The first kappa shape index (κ1) is 24.7. The molecule has 1 aromatic carbocycles. The van der Waals surface area contributed by atoms with Crippen LogP contribution in [0.25, 0.3) is 0 Å². The number of amides is 1. The second-order valence-electron chi connectivity index (χ2n) is 8.51. The van der Waals surface area contributed by atoms with Crippen LogP contribution in [-0.2, 0) is 14.8 Å². The normalized spacial score (nSPS) is 18.3. The van der Waals surface area contributed by atoms with Crippen molar-refractivity contribution in [2.24, 2.45) is 0 Å². The van der Waals surface area contributed by atoms with Crippen molar-refractivity contribution in [1.82, 2.24) is 4.72 Å². The van der Waals surface area contributed by atoms with Gasteiger partial charge in [-0.3, -0.25) is 4.79 Å². The number of anilines is 2. The van der Waals surface area contributed by atoms with Gasteiger partial charge in [-0.2, -0.15) is 0 Å². The lowest BCUT2D eigenvalue weighted by atomic mass is 10.0. The molecule has 0 saturated carbocycles. The van der Waals surface area contributed by atoms with Gasteiger partial charge in [0.05, 0.1) is 5.69 Å². The quantitative estimate of drug-likeness (QED) is 0.475. The number of sulfonamides is 1. The Balaban J connectivity index is 2.29. The summed E-state index contributed by atoms with van der Waals surface area (Å²) >= 11 is 0. The number of carbonyl (C=O) groups is 1. The van der Waals surface area contributed by atoms with Gasteiger partial charge in [0.25, 0.3) is 0 Å². The summed E-state index contributed by atoms with van der Waals surface area (Å²) in [7, 11) is -3.70. The van der Waals surface area contributed by atoms with Gasteiger partial charge in [0.15, 0.2) is 0 Å². The van der Waals surface area contributed by atoms with E-state index in [1.165, 1.54) is 0 Å². The molecule has 1 aliphatic rings. The highest BCUT2D eigenvalue weighted by Crippen LogP contribution is 2.33. The van der Waals surface area contributed by atoms with E-state index in [4.69, 9.17) is 0 Å². The number of hydrogen-bond donors (Lipinski definition) is 2. The zero-order valence-corrected chi connectivity index (χ0v) is 19.9. The van der Waals surface area contributed by atoms with Gasteiger partial charge in [0, 0.05) is 30.7 Å². The fraction of sp³-hybridized carbons (Fsp3) is 0.696. The Morgan fingerprint density at radius 3 is 2.63 bits per heavy atom. The van der Waals surface area contributed by atoms with Crippen LogP contribution in [0.5, 0.6) is 0 Å². The van der Waals surface area contributed by atoms with Gasteiger partial charge in [-0.25, -0.2) is 13.1 Å². The average molecular weight is 438 g/mol. The van der Waals surface area contributed by atoms with Crippen LogP contribution in [0.2, 0.25) is 0 Å². The molecule has 30 heavy (non-hydrogen) atoms. The summed E-state index contributed by atoms with van der Waals surface area (Å²) in [5.74, 6) is -0.0663. The lowest BCUT2D eigenvalue weighted by Gasteiger charge is -2.36. The molecule has 1 fully saturated rings. The second-order valence-corrected chi connectivity index (χ2v) is 10.2. The molecule has 2 atom stereocenters. The molecule has 0 bridgehead atoms. The third-order valence-corrected chi connectivity index (χ3v) is 7.49. The molecule has 0 aromatic heterocycles. The first-order chi connectivity index (χ1) is 14.3. The number of piperidine rings is 1. The highest BCUT2D eigenvalue weighted by atomic mass is 32.2. The monoisotopic (exact) mass is 437 g/mol. The molecule has 170 valence electrons. The molecule has 7 heteroatoms. The average Bonchev–Trinajstić information content (AvgIpc) is 2.71. The van der Waals surface area contributed by atoms with Gasteiger partial charge in [-0.05, 0) is 64.2 Å². The number of unbranched alkanes of at least 4 members (excludes halogenated alkanes) is 3. The molecule has 1 heterocycles. The van der Waals surface area contributed by atoms with Crippen LogP contribution < -0.4 is 14.9 Å². The zero-order chi connectivity index (χ0) is 22.1. The van der Waals surface area contributed by atoms with E-state index in [9.17, 15) is 13.2 Å². The van der Waals surface area contributed by atoms with Crippen molar-refractivity contribution in [2.75, 3.05) is 16.8 Å². The molecular formula is C23H39N3O3S. The molecule has 0 radical (unpaired) electrons. The Bertz CT molecular complexity index is 795. The summed E-state index contributed by atoms with van der Waals surface area (Å²) in [5, 5.41) is 2.89. The van der Waals surface area contributed by atoms with E-state index >= 15 is 0 Å². The summed E-state index contributed by atoms with van der Waals surface area (Å²) in [5.41, 5.74) is 1.26. The van der Waals surface area contributed by atoms with Crippen molar-refractivity contribution in [3.8, 4) is 0 Å². The van der Waals surface area contributed by atoms with Crippen LogP contribution in [0.15, 0.2) is 23.1 Å². The smallest absolute Gasteiger partial charge is 0.242 e. The Kier molecular flexibility index (Phi) is 9.62. The van der Waals surface area contributed by atoms with Crippen molar-refractivity contribution in [2.45, 2.75) is 102 Å². The first-order valence-electron chi connectivity index (χ1n) is 11.5. The van der Waals surface area contributed by atoms with E-state index in [2.05, 4.69) is 28.8 Å². The number of hydrogen-bond acceptors (Lipinski definition) is 4. The number of nitrogens with zero attached hydrogens (tertiary/aromatic N) is 1. The topological polar surface area (TPSA) is 78.5 Å². The Morgan fingerprint density at radius 1 is 1.20 bits per heavy atom. The van der Waals surface area contributed by atoms with Crippen LogP contribution in [0.4, 0.5) is 11.4 Å². The van der Waals surface area contributed by atoms with E-state index < -0.39 is 10.0 Å². The lowest BCUT2D eigenvalue weighted by molar-refractivity contribution is -0.116. The second kappa shape index (κ2) is 11.7. The molecular weight excluding hydrogens is 398 g/mol. The fourth-order valence-corrected chi connectivity index (χ4v) is 5.41. The van der Waals surface area contributed by atoms with Gasteiger partial charge in [0.2, 0.25) is 15.9 Å². The maximum Gasteiger partial charge on any atom is 0.242 e. The van der Waals surface area contributed by atoms with E-state index in [0.717, 1.165) is 57.2 Å². The van der Waals surface area contributed by atoms with Gasteiger partial charge in [0.1, 0.15) is 4.90 Å². The molecule has 2 rings (SSSR count). The van der Waals surface area contributed by atoms with Crippen LogP contribution in [0, 0.1) is 0 Å². The van der Waals surface area contributed by atoms with Crippen LogP contribution in [-0.4, -0.2) is 33.0 Å². The van der Waals surface area contributed by atoms with Crippen molar-refractivity contribution in [1.29, 1.82) is 0 Å². The van der Waals surface area contributed by atoms with E-state index in [1.54, 1.807) is 6.07 Å². The fourth-order valence-electron chi connectivity index (χ4n) is 3.85. The molecule has 1 aromatic rings. The van der Waals surface area contributed by atoms with Crippen LogP contribution >= 0.6 is 0 Å². The van der Waals surface area contributed by atoms with Crippen molar-refractivity contribution < 1.29 is 13.2 Å². The SMILES string of the molecule is CCCCCCC(=O)Nc1ccc(N2CCCC[C@@H]2C)c(S(=O)(=O)N[C@H](C)CC)c1. The third-order valence-electron chi connectivity index (χ3n) is 5.87. The molecule has 0 spiro atoms. The minimum absolute atomic E-state index is 0.0663. The maximum atomic E-state index is 13.2. The van der Waals surface area contributed by atoms with Crippen molar-refractivity contribution in [3.05, 3.63) is 18.2 Å². The number of nitrogens with one attached hydrogen (secondary N) is 2. The summed E-state index contributed by atoms with van der Waals surface area (Å²) in [6.07, 6.45) is 8.57. The third kappa shape index (κ3) is 6.98. The predicted octanol–water partition coefficient (Wildman–Crippen LogP) is 5.05. The predicted molar refractivity (Wildman–Crippen MR) is 125 cm³/mol. The zero-order valence-electron chi connectivity index (χ0n) is 19.0. The van der Waals surface area contributed by atoms with Crippen molar-refractivity contribution in [3.63, 3.8) is 0 Å². The van der Waals surface area contributed by atoms with Gasteiger partial charge >= 0.3 is 0 Å². The van der Waals surface area contributed by atoms with E-state index in [0.29, 0.717) is 18.5 Å². The van der Waals surface area contributed by atoms with Crippen LogP contribution in [0.1, 0.15) is 85.5 Å². The van der Waals surface area contributed by atoms with Crippen LogP contribution in [0.3, 0.4) is 0 Å². The van der Waals surface area contributed by atoms with E-state index in [1.807, 2.05) is 26.0 Å². The summed E-state index contributed by atoms with van der Waals surface area (Å²) in [6, 6.07) is 5.42. The number of rotatable bonds is 11. The maximum absolute atomic E-state index is 13.2. The number of benzene rings is 1. The molecule has 2 N–H and O–H groups in total. The molecule has 0 unspecified atom stereocenters. The molecule has 6 nitrogen and oxygen atoms in total. The van der Waals surface area contributed by atoms with Gasteiger partial charge in [-0.1, -0.05) is 33.1 Å². The Morgan fingerprint density at radius 2 is 1.97 bits per heavy atom. The molecule has 1 amide bonds. The number of carbonyl (C=O) groups excluding carboxylic acids is 1. The highest BCUT2D eigenvalue weighted by Gasteiger charge is 2.27. The first-order valence-corrected chi connectivity index (χ1v) is 13.0. The highest BCUT2D eigenvalue weighted by molar-refractivity contribution is 7.89. The molecule has 0 aliphatic carbocycles. The molecule has 1 aliphatic heterocycles. The van der Waals surface area contributed by atoms with E-state index in [-0.39, 0.29) is 22.9 Å². The lowest BCUT2D eigenvalue weighted by Crippen LogP contribution is -2.39.